The van der Waals surface area contributed by atoms with E-state index in [1.54, 1.807) is 7.05 Å². The first-order chi connectivity index (χ1) is 7.06. The highest BCUT2D eigenvalue weighted by Gasteiger charge is 2.15. The SMILES string of the molecule is CCNC(=O)N(C)c1nnc(C(C)C)s1. The van der Waals surface area contributed by atoms with E-state index in [1.165, 1.54) is 16.2 Å². The number of hydrogen-bond acceptors (Lipinski definition) is 4. The van der Waals surface area contributed by atoms with Crippen LogP contribution in [0.3, 0.4) is 0 Å². The molecule has 1 aromatic heterocycles. The molecule has 15 heavy (non-hydrogen) atoms. The highest BCUT2D eigenvalue weighted by molar-refractivity contribution is 7.15. The fraction of sp³-hybridized carbons (Fsp3) is 0.667. The molecular weight excluding hydrogens is 212 g/mol. The summed E-state index contributed by atoms with van der Waals surface area (Å²) in [7, 11) is 1.69. The van der Waals surface area contributed by atoms with Crippen molar-refractivity contribution in [3.63, 3.8) is 0 Å². The van der Waals surface area contributed by atoms with E-state index in [4.69, 9.17) is 0 Å². The van der Waals surface area contributed by atoms with Crippen molar-refractivity contribution in [2.24, 2.45) is 0 Å². The smallest absolute Gasteiger partial charge is 0.323 e. The lowest BCUT2D eigenvalue weighted by atomic mass is 10.2. The molecule has 0 bridgehead atoms. The van der Waals surface area contributed by atoms with Crippen LogP contribution in [0.2, 0.25) is 0 Å². The van der Waals surface area contributed by atoms with Gasteiger partial charge in [0.15, 0.2) is 0 Å². The average molecular weight is 228 g/mol. The number of nitrogens with one attached hydrogen (secondary N) is 1. The van der Waals surface area contributed by atoms with Gasteiger partial charge >= 0.3 is 6.03 Å². The second-order valence-electron chi connectivity index (χ2n) is 3.47. The normalized spacial score (nSPS) is 10.5. The molecule has 1 heterocycles. The number of nitrogens with zero attached hydrogens (tertiary/aromatic N) is 3. The number of urea groups is 1. The Balaban J connectivity index is 2.73. The highest BCUT2D eigenvalue weighted by atomic mass is 32.1. The van der Waals surface area contributed by atoms with Gasteiger partial charge in [-0.25, -0.2) is 4.79 Å². The molecule has 1 aromatic rings. The molecule has 0 aliphatic rings. The quantitative estimate of drug-likeness (QED) is 0.858. The Labute approximate surface area is 93.5 Å². The van der Waals surface area contributed by atoms with Crippen molar-refractivity contribution in [3.8, 4) is 0 Å². The van der Waals surface area contributed by atoms with Crippen LogP contribution in [0.4, 0.5) is 9.93 Å². The van der Waals surface area contributed by atoms with E-state index in [9.17, 15) is 4.79 Å². The molecule has 84 valence electrons. The number of carbonyl (C=O) groups excluding carboxylic acids is 1. The monoisotopic (exact) mass is 228 g/mol. The zero-order valence-corrected chi connectivity index (χ0v) is 10.3. The number of aromatic nitrogens is 2. The summed E-state index contributed by atoms with van der Waals surface area (Å²) in [5.41, 5.74) is 0. The van der Waals surface area contributed by atoms with Gasteiger partial charge in [-0.2, -0.15) is 0 Å². The fourth-order valence-corrected chi connectivity index (χ4v) is 1.76. The van der Waals surface area contributed by atoms with Gasteiger partial charge in [0.1, 0.15) is 5.01 Å². The van der Waals surface area contributed by atoms with Crippen LogP contribution in [-0.4, -0.2) is 29.8 Å². The molecule has 0 spiro atoms. The minimum atomic E-state index is -0.149. The van der Waals surface area contributed by atoms with Crippen LogP contribution in [-0.2, 0) is 0 Å². The average Bonchev–Trinajstić information content (AvgIpc) is 2.65. The Hall–Kier alpha value is -1.17. The van der Waals surface area contributed by atoms with Crippen molar-refractivity contribution < 1.29 is 4.79 Å². The second-order valence-corrected chi connectivity index (χ2v) is 4.46. The first kappa shape index (κ1) is 11.9. The van der Waals surface area contributed by atoms with Gasteiger partial charge < -0.3 is 5.32 Å². The Kier molecular flexibility index (Phi) is 4.02. The molecule has 0 fully saturated rings. The van der Waals surface area contributed by atoms with Gasteiger partial charge in [-0.15, -0.1) is 10.2 Å². The molecule has 0 aliphatic heterocycles. The number of hydrogen-bond donors (Lipinski definition) is 1. The summed E-state index contributed by atoms with van der Waals surface area (Å²) in [5, 5.41) is 12.3. The largest absolute Gasteiger partial charge is 0.338 e. The van der Waals surface area contributed by atoms with Crippen LogP contribution >= 0.6 is 11.3 Å². The molecule has 1 N–H and O–H groups in total. The molecule has 0 unspecified atom stereocenters. The van der Waals surface area contributed by atoms with E-state index < -0.39 is 0 Å². The van der Waals surface area contributed by atoms with E-state index in [1.807, 2.05) is 6.92 Å². The summed E-state index contributed by atoms with van der Waals surface area (Å²) in [4.78, 5) is 13.0. The molecule has 2 amide bonds. The minimum Gasteiger partial charge on any atom is -0.338 e. The first-order valence-electron chi connectivity index (χ1n) is 4.91. The van der Waals surface area contributed by atoms with Gasteiger partial charge in [0, 0.05) is 19.5 Å². The Morgan fingerprint density at radius 2 is 2.20 bits per heavy atom. The zero-order valence-electron chi connectivity index (χ0n) is 9.44. The second kappa shape index (κ2) is 5.06. The third kappa shape index (κ3) is 2.89. The Bertz CT molecular complexity index is 337. The van der Waals surface area contributed by atoms with Gasteiger partial charge in [0.05, 0.1) is 0 Å². The summed E-state index contributed by atoms with van der Waals surface area (Å²) >= 11 is 1.45. The van der Waals surface area contributed by atoms with Crippen LogP contribution in [0.25, 0.3) is 0 Å². The summed E-state index contributed by atoms with van der Waals surface area (Å²) in [6.07, 6.45) is 0. The van der Waals surface area contributed by atoms with E-state index >= 15 is 0 Å². The van der Waals surface area contributed by atoms with Crippen molar-refractivity contribution >= 4 is 22.5 Å². The van der Waals surface area contributed by atoms with Crippen LogP contribution < -0.4 is 10.2 Å². The van der Waals surface area contributed by atoms with Gasteiger partial charge in [0.25, 0.3) is 0 Å². The van der Waals surface area contributed by atoms with Gasteiger partial charge in [-0.3, -0.25) is 4.90 Å². The predicted molar refractivity (Wildman–Crippen MR) is 61.5 cm³/mol. The van der Waals surface area contributed by atoms with Gasteiger partial charge in [0.2, 0.25) is 5.13 Å². The van der Waals surface area contributed by atoms with Gasteiger partial charge in [-0.05, 0) is 6.92 Å². The molecular formula is C9H16N4OS. The van der Waals surface area contributed by atoms with Crippen LogP contribution in [0, 0.1) is 0 Å². The maximum absolute atomic E-state index is 11.5. The van der Waals surface area contributed by atoms with Crippen molar-refractivity contribution in [3.05, 3.63) is 5.01 Å². The predicted octanol–water partition coefficient (Wildman–Crippen LogP) is 1.83. The molecule has 6 heteroatoms. The van der Waals surface area contributed by atoms with Crippen molar-refractivity contribution in [1.82, 2.24) is 15.5 Å². The lowest BCUT2D eigenvalue weighted by molar-refractivity contribution is 0.248. The van der Waals surface area contributed by atoms with Crippen LogP contribution in [0.1, 0.15) is 31.7 Å². The molecule has 0 saturated heterocycles. The number of amides is 2. The molecule has 0 aliphatic carbocycles. The lowest BCUT2D eigenvalue weighted by Crippen LogP contribution is -2.36. The van der Waals surface area contributed by atoms with E-state index in [-0.39, 0.29) is 6.03 Å². The maximum Gasteiger partial charge on any atom is 0.323 e. The molecule has 1 rings (SSSR count). The number of carbonyl (C=O) groups is 1. The molecule has 0 saturated carbocycles. The molecule has 0 atom stereocenters. The lowest BCUT2D eigenvalue weighted by Gasteiger charge is -2.12. The van der Waals surface area contributed by atoms with Crippen molar-refractivity contribution in [1.29, 1.82) is 0 Å². The van der Waals surface area contributed by atoms with Gasteiger partial charge in [-0.1, -0.05) is 25.2 Å². The summed E-state index contributed by atoms with van der Waals surface area (Å²) in [6.45, 7) is 6.59. The molecule has 0 aromatic carbocycles. The summed E-state index contributed by atoms with van der Waals surface area (Å²) in [5.74, 6) is 0.346. The highest BCUT2D eigenvalue weighted by Crippen LogP contribution is 2.24. The van der Waals surface area contributed by atoms with Crippen LogP contribution in [0.5, 0.6) is 0 Å². The first-order valence-corrected chi connectivity index (χ1v) is 5.72. The molecule has 0 radical (unpaired) electrons. The maximum atomic E-state index is 11.5. The third-order valence-corrected chi connectivity index (χ3v) is 3.14. The zero-order chi connectivity index (χ0) is 11.4. The topological polar surface area (TPSA) is 58.1 Å². The summed E-state index contributed by atoms with van der Waals surface area (Å²) < 4.78 is 0. The van der Waals surface area contributed by atoms with E-state index in [0.717, 1.165) is 5.01 Å². The van der Waals surface area contributed by atoms with Crippen molar-refractivity contribution in [2.45, 2.75) is 26.7 Å². The summed E-state index contributed by atoms with van der Waals surface area (Å²) in [6, 6.07) is -0.149. The van der Waals surface area contributed by atoms with Crippen LogP contribution in [0.15, 0.2) is 0 Å². The minimum absolute atomic E-state index is 0.149. The van der Waals surface area contributed by atoms with Crippen molar-refractivity contribution in [2.75, 3.05) is 18.5 Å². The Morgan fingerprint density at radius 3 is 2.67 bits per heavy atom. The van der Waals surface area contributed by atoms with E-state index in [0.29, 0.717) is 17.6 Å². The standard InChI is InChI=1S/C9H16N4OS/c1-5-10-8(14)13(4)9-12-11-7(15-9)6(2)3/h6H,5H2,1-4H3,(H,10,14). The third-order valence-electron chi connectivity index (χ3n) is 1.84. The number of rotatable bonds is 3. The van der Waals surface area contributed by atoms with E-state index in [2.05, 4.69) is 29.4 Å². The Morgan fingerprint density at radius 1 is 1.53 bits per heavy atom. The number of anilines is 1. The fourth-order valence-electron chi connectivity index (χ4n) is 0.952. The molecule has 5 nitrogen and oxygen atoms in total.